The molecule has 5 heteroatoms. The zero-order valence-electron chi connectivity index (χ0n) is 8.17. The number of nitrogens with zero attached hydrogens (tertiary/aromatic N) is 4. The van der Waals surface area contributed by atoms with Gasteiger partial charge in [0.05, 0.1) is 0 Å². The number of aromatic nitrogens is 4. The first-order valence-corrected chi connectivity index (χ1v) is 4.63. The maximum Gasteiger partial charge on any atom is 0.115 e. The molecule has 0 aliphatic heterocycles. The van der Waals surface area contributed by atoms with Crippen molar-refractivity contribution in [2.75, 3.05) is 0 Å². The molecule has 2 aromatic heterocycles. The molecule has 1 N–H and O–H groups in total. The van der Waals surface area contributed by atoms with Crippen LogP contribution in [-0.2, 0) is 13.1 Å². The fourth-order valence-electron chi connectivity index (χ4n) is 1.19. The zero-order valence-corrected chi connectivity index (χ0v) is 8.17. The summed E-state index contributed by atoms with van der Waals surface area (Å²) in [6, 6.07) is 0. The van der Waals surface area contributed by atoms with Crippen LogP contribution >= 0.6 is 0 Å². The van der Waals surface area contributed by atoms with Crippen LogP contribution in [0.15, 0.2) is 37.4 Å². The third-order valence-corrected chi connectivity index (χ3v) is 1.89. The lowest BCUT2D eigenvalue weighted by Crippen LogP contribution is -2.13. The minimum Gasteiger partial charge on any atom is -0.308 e. The van der Waals surface area contributed by atoms with Crippen LogP contribution in [0.2, 0.25) is 0 Å². The lowest BCUT2D eigenvalue weighted by molar-refractivity contribution is 0.684. The molecule has 0 aromatic carbocycles. The Kier molecular flexibility index (Phi) is 3.30. The maximum absolute atomic E-state index is 3.93. The van der Waals surface area contributed by atoms with E-state index in [1.54, 1.807) is 24.8 Å². The van der Waals surface area contributed by atoms with E-state index in [0.717, 1.165) is 24.2 Å². The van der Waals surface area contributed by atoms with Crippen molar-refractivity contribution < 1.29 is 0 Å². The van der Waals surface area contributed by atoms with E-state index in [4.69, 9.17) is 0 Å². The first-order valence-electron chi connectivity index (χ1n) is 4.63. The van der Waals surface area contributed by atoms with Crippen LogP contribution < -0.4 is 5.32 Å². The van der Waals surface area contributed by atoms with Gasteiger partial charge in [0, 0.05) is 49.0 Å². The summed E-state index contributed by atoms with van der Waals surface area (Å²) in [5.74, 6) is 0. The van der Waals surface area contributed by atoms with Crippen molar-refractivity contribution in [1.29, 1.82) is 0 Å². The van der Waals surface area contributed by atoms with Crippen molar-refractivity contribution >= 4 is 0 Å². The highest BCUT2D eigenvalue weighted by atomic mass is 14.9. The molecule has 2 rings (SSSR count). The minimum absolute atomic E-state index is 0.746. The summed E-state index contributed by atoms with van der Waals surface area (Å²) in [7, 11) is 0. The van der Waals surface area contributed by atoms with Crippen LogP contribution in [0.3, 0.4) is 0 Å². The Labute approximate surface area is 87.6 Å². The summed E-state index contributed by atoms with van der Waals surface area (Å²) in [4.78, 5) is 15.7. The maximum atomic E-state index is 3.93. The molecule has 0 bridgehead atoms. The summed E-state index contributed by atoms with van der Waals surface area (Å²) < 4.78 is 0. The van der Waals surface area contributed by atoms with Gasteiger partial charge in [-0.3, -0.25) is 0 Å². The van der Waals surface area contributed by atoms with Crippen LogP contribution in [0.25, 0.3) is 0 Å². The van der Waals surface area contributed by atoms with Gasteiger partial charge in [-0.25, -0.2) is 19.9 Å². The molecule has 2 heterocycles. The summed E-state index contributed by atoms with van der Waals surface area (Å²) in [5.41, 5.74) is 2.13. The van der Waals surface area contributed by atoms with Crippen molar-refractivity contribution in [2.24, 2.45) is 0 Å². The summed E-state index contributed by atoms with van der Waals surface area (Å²) in [5, 5.41) is 3.26. The Hall–Kier alpha value is -1.88. The van der Waals surface area contributed by atoms with E-state index in [-0.39, 0.29) is 0 Å². The first-order chi connectivity index (χ1) is 7.45. The van der Waals surface area contributed by atoms with Gasteiger partial charge >= 0.3 is 0 Å². The summed E-state index contributed by atoms with van der Waals surface area (Å²) in [6.45, 7) is 1.49. The van der Waals surface area contributed by atoms with Crippen LogP contribution in [0.4, 0.5) is 0 Å². The Morgan fingerprint density at radius 2 is 1.13 bits per heavy atom. The van der Waals surface area contributed by atoms with Crippen molar-refractivity contribution in [1.82, 2.24) is 25.3 Å². The topological polar surface area (TPSA) is 63.6 Å². The number of hydrogen-bond donors (Lipinski definition) is 1. The number of rotatable bonds is 4. The highest BCUT2D eigenvalue weighted by molar-refractivity contribution is 5.04. The molecule has 0 aliphatic carbocycles. The van der Waals surface area contributed by atoms with Gasteiger partial charge in [0.1, 0.15) is 12.7 Å². The van der Waals surface area contributed by atoms with Crippen molar-refractivity contribution in [3.63, 3.8) is 0 Å². The molecule has 0 saturated heterocycles. The summed E-state index contributed by atoms with van der Waals surface area (Å²) >= 11 is 0. The smallest absolute Gasteiger partial charge is 0.115 e. The normalized spacial score (nSPS) is 10.1. The predicted molar refractivity (Wildman–Crippen MR) is 54.6 cm³/mol. The third-order valence-electron chi connectivity index (χ3n) is 1.89. The molecule has 15 heavy (non-hydrogen) atoms. The van der Waals surface area contributed by atoms with E-state index in [9.17, 15) is 0 Å². The molecule has 0 radical (unpaired) electrons. The van der Waals surface area contributed by atoms with E-state index in [2.05, 4.69) is 25.3 Å². The van der Waals surface area contributed by atoms with E-state index in [1.165, 1.54) is 12.7 Å². The Bertz CT molecular complexity index is 350. The molecule has 5 nitrogen and oxygen atoms in total. The standard InChI is InChI=1S/C10H11N5/c1(9-3-12-7-13-4-9)11-2-10-5-14-8-15-6-10/h3-8,11H,1-2H2. The fourth-order valence-corrected chi connectivity index (χ4v) is 1.19. The Morgan fingerprint density at radius 1 is 0.733 bits per heavy atom. The van der Waals surface area contributed by atoms with Crippen molar-refractivity contribution in [3.8, 4) is 0 Å². The Morgan fingerprint density at radius 3 is 1.53 bits per heavy atom. The zero-order chi connectivity index (χ0) is 10.3. The minimum atomic E-state index is 0.746. The lowest BCUT2D eigenvalue weighted by Gasteiger charge is -2.02. The highest BCUT2D eigenvalue weighted by Crippen LogP contribution is 1.95. The van der Waals surface area contributed by atoms with Gasteiger partial charge in [-0.2, -0.15) is 0 Å². The molecular weight excluding hydrogens is 190 g/mol. The van der Waals surface area contributed by atoms with E-state index in [0.29, 0.717) is 0 Å². The third kappa shape index (κ3) is 3.07. The van der Waals surface area contributed by atoms with Crippen LogP contribution in [-0.4, -0.2) is 19.9 Å². The molecule has 0 fully saturated rings. The van der Waals surface area contributed by atoms with E-state index < -0.39 is 0 Å². The molecule has 0 saturated carbocycles. The molecule has 2 aromatic rings. The summed E-state index contributed by atoms with van der Waals surface area (Å²) in [6.07, 6.45) is 10.2. The molecule has 76 valence electrons. The molecular formula is C10H11N5. The highest BCUT2D eigenvalue weighted by Gasteiger charge is 1.94. The first kappa shape index (κ1) is 9.67. The van der Waals surface area contributed by atoms with Gasteiger partial charge in [-0.15, -0.1) is 0 Å². The SMILES string of the molecule is c1ncc(CNCc2cncnc2)cn1. The van der Waals surface area contributed by atoms with E-state index in [1.807, 2.05) is 0 Å². The molecule has 0 unspecified atom stereocenters. The predicted octanol–water partition coefficient (Wildman–Crippen LogP) is 0.556. The monoisotopic (exact) mass is 201 g/mol. The second kappa shape index (κ2) is 5.11. The second-order valence-electron chi connectivity index (χ2n) is 3.10. The Balaban J connectivity index is 1.81. The molecule has 0 amide bonds. The number of nitrogens with one attached hydrogen (secondary N) is 1. The number of hydrogen-bond acceptors (Lipinski definition) is 5. The van der Waals surface area contributed by atoms with Gasteiger partial charge in [0.2, 0.25) is 0 Å². The van der Waals surface area contributed by atoms with Gasteiger partial charge < -0.3 is 5.32 Å². The van der Waals surface area contributed by atoms with Crippen LogP contribution in [0, 0.1) is 0 Å². The van der Waals surface area contributed by atoms with Crippen LogP contribution in [0.1, 0.15) is 11.1 Å². The van der Waals surface area contributed by atoms with Crippen LogP contribution in [0.5, 0.6) is 0 Å². The van der Waals surface area contributed by atoms with Gasteiger partial charge in [-0.1, -0.05) is 0 Å². The average molecular weight is 201 g/mol. The van der Waals surface area contributed by atoms with Gasteiger partial charge in [-0.05, 0) is 0 Å². The lowest BCUT2D eigenvalue weighted by atomic mass is 10.3. The fraction of sp³-hybridized carbons (Fsp3) is 0.200. The van der Waals surface area contributed by atoms with Crippen molar-refractivity contribution in [3.05, 3.63) is 48.6 Å². The van der Waals surface area contributed by atoms with Gasteiger partial charge in [0.25, 0.3) is 0 Å². The average Bonchev–Trinajstić information content (AvgIpc) is 2.32. The van der Waals surface area contributed by atoms with Crippen molar-refractivity contribution in [2.45, 2.75) is 13.1 Å². The largest absolute Gasteiger partial charge is 0.308 e. The quantitative estimate of drug-likeness (QED) is 0.782. The molecule has 0 atom stereocenters. The van der Waals surface area contributed by atoms with Gasteiger partial charge in [0.15, 0.2) is 0 Å². The second-order valence-corrected chi connectivity index (χ2v) is 3.10. The molecule has 0 aliphatic rings. The molecule has 0 spiro atoms. The van der Waals surface area contributed by atoms with E-state index >= 15 is 0 Å².